The van der Waals surface area contributed by atoms with Gasteiger partial charge in [-0.25, -0.2) is 0 Å². The first-order chi connectivity index (χ1) is 7.52. The van der Waals surface area contributed by atoms with Crippen molar-refractivity contribution in [2.75, 3.05) is 13.6 Å². The Balaban J connectivity index is 2.52. The van der Waals surface area contributed by atoms with E-state index in [1.165, 1.54) is 6.42 Å². The van der Waals surface area contributed by atoms with Gasteiger partial charge in [0.1, 0.15) is 0 Å². The molecule has 2 atom stereocenters. The summed E-state index contributed by atoms with van der Waals surface area (Å²) < 4.78 is 0. The van der Waals surface area contributed by atoms with Crippen molar-refractivity contribution >= 4 is 0 Å². The quantitative estimate of drug-likeness (QED) is 0.755. The van der Waals surface area contributed by atoms with Gasteiger partial charge < -0.3 is 10.2 Å². The van der Waals surface area contributed by atoms with Gasteiger partial charge in [0, 0.05) is 12.6 Å². The van der Waals surface area contributed by atoms with Crippen molar-refractivity contribution < 1.29 is 10.2 Å². The zero-order chi connectivity index (χ0) is 12.2. The van der Waals surface area contributed by atoms with Crippen LogP contribution >= 0.6 is 0 Å². The second-order valence-electron chi connectivity index (χ2n) is 5.27. The lowest BCUT2D eigenvalue weighted by Crippen LogP contribution is -2.50. The van der Waals surface area contributed by atoms with Gasteiger partial charge in [-0.2, -0.15) is 0 Å². The third-order valence-electron chi connectivity index (χ3n) is 4.12. The van der Waals surface area contributed by atoms with Crippen LogP contribution in [0.15, 0.2) is 0 Å². The molecular formula is C13H27NO2. The Labute approximate surface area is 99.5 Å². The van der Waals surface area contributed by atoms with Crippen molar-refractivity contribution in [1.29, 1.82) is 0 Å². The summed E-state index contributed by atoms with van der Waals surface area (Å²) in [5, 5.41) is 20.3. The lowest BCUT2D eigenvalue weighted by molar-refractivity contribution is -0.0369. The summed E-state index contributed by atoms with van der Waals surface area (Å²) in [6, 6.07) is 0.235. The van der Waals surface area contributed by atoms with E-state index in [0.29, 0.717) is 6.54 Å². The molecule has 0 heterocycles. The Kier molecular flexibility index (Phi) is 5.22. The van der Waals surface area contributed by atoms with E-state index in [1.807, 2.05) is 20.9 Å². The molecule has 0 aromatic rings. The van der Waals surface area contributed by atoms with Crippen molar-refractivity contribution in [3.63, 3.8) is 0 Å². The molecule has 16 heavy (non-hydrogen) atoms. The van der Waals surface area contributed by atoms with Gasteiger partial charge in [0.2, 0.25) is 0 Å². The minimum absolute atomic E-state index is 0.211. The van der Waals surface area contributed by atoms with Gasteiger partial charge in [-0.3, -0.25) is 4.90 Å². The van der Waals surface area contributed by atoms with Gasteiger partial charge in [0.25, 0.3) is 0 Å². The SMILES string of the molecule is CCC(O)(CC)CN(C)C1CCCCC1O. The van der Waals surface area contributed by atoms with Crippen molar-refractivity contribution in [1.82, 2.24) is 4.90 Å². The third kappa shape index (κ3) is 3.44. The van der Waals surface area contributed by atoms with Crippen LogP contribution in [0.3, 0.4) is 0 Å². The molecule has 3 heteroatoms. The third-order valence-corrected chi connectivity index (χ3v) is 4.12. The highest BCUT2D eigenvalue weighted by Gasteiger charge is 2.31. The van der Waals surface area contributed by atoms with Crippen molar-refractivity contribution in [2.24, 2.45) is 0 Å². The van der Waals surface area contributed by atoms with Crippen molar-refractivity contribution in [2.45, 2.75) is 70.1 Å². The average molecular weight is 229 g/mol. The van der Waals surface area contributed by atoms with Crippen LogP contribution in [0.25, 0.3) is 0 Å². The van der Waals surface area contributed by atoms with Crippen molar-refractivity contribution in [3.8, 4) is 0 Å². The fraction of sp³-hybridized carbons (Fsp3) is 1.00. The number of aliphatic hydroxyl groups is 2. The molecule has 1 fully saturated rings. The Hall–Kier alpha value is -0.120. The Morgan fingerprint density at radius 2 is 1.75 bits per heavy atom. The van der Waals surface area contributed by atoms with E-state index < -0.39 is 5.60 Å². The molecule has 0 radical (unpaired) electrons. The molecule has 3 nitrogen and oxygen atoms in total. The van der Waals surface area contributed by atoms with E-state index in [9.17, 15) is 10.2 Å². The first kappa shape index (κ1) is 13.9. The fourth-order valence-electron chi connectivity index (χ4n) is 2.66. The number of hydrogen-bond donors (Lipinski definition) is 2. The van der Waals surface area contributed by atoms with Crippen molar-refractivity contribution in [3.05, 3.63) is 0 Å². The van der Waals surface area contributed by atoms with Gasteiger partial charge in [0.05, 0.1) is 11.7 Å². The highest BCUT2D eigenvalue weighted by atomic mass is 16.3. The number of rotatable bonds is 5. The molecule has 1 rings (SSSR count). The summed E-state index contributed by atoms with van der Waals surface area (Å²) in [5.74, 6) is 0. The van der Waals surface area contributed by atoms with Gasteiger partial charge in [-0.15, -0.1) is 0 Å². The predicted octanol–water partition coefficient (Wildman–Crippen LogP) is 1.77. The molecule has 0 aromatic heterocycles. The molecular weight excluding hydrogens is 202 g/mol. The maximum absolute atomic E-state index is 10.3. The van der Waals surface area contributed by atoms with E-state index in [0.717, 1.165) is 32.1 Å². The van der Waals surface area contributed by atoms with Crippen LogP contribution in [0.5, 0.6) is 0 Å². The first-order valence-electron chi connectivity index (χ1n) is 6.63. The molecule has 0 spiro atoms. The lowest BCUT2D eigenvalue weighted by Gasteiger charge is -2.39. The molecule has 0 amide bonds. The van der Waals surface area contributed by atoms with Crippen LogP contribution in [0.2, 0.25) is 0 Å². The van der Waals surface area contributed by atoms with Gasteiger partial charge >= 0.3 is 0 Å². The van der Waals surface area contributed by atoms with E-state index in [4.69, 9.17) is 0 Å². The minimum Gasteiger partial charge on any atom is -0.391 e. The van der Waals surface area contributed by atoms with Gasteiger partial charge in [-0.1, -0.05) is 26.7 Å². The molecule has 0 aliphatic heterocycles. The zero-order valence-electron chi connectivity index (χ0n) is 10.9. The van der Waals surface area contributed by atoms with Crippen LogP contribution in [-0.2, 0) is 0 Å². The second kappa shape index (κ2) is 5.99. The summed E-state index contributed by atoms with van der Waals surface area (Å²) in [6.07, 6.45) is 5.64. The Morgan fingerprint density at radius 3 is 2.25 bits per heavy atom. The molecule has 2 unspecified atom stereocenters. The number of nitrogens with zero attached hydrogens (tertiary/aromatic N) is 1. The average Bonchev–Trinajstić information content (AvgIpc) is 2.29. The van der Waals surface area contributed by atoms with Crippen LogP contribution in [0.4, 0.5) is 0 Å². The summed E-state index contributed by atoms with van der Waals surface area (Å²) in [7, 11) is 2.02. The van der Waals surface area contributed by atoms with E-state index in [1.54, 1.807) is 0 Å². The maximum Gasteiger partial charge on any atom is 0.0768 e. The van der Waals surface area contributed by atoms with Crippen LogP contribution < -0.4 is 0 Å². The predicted molar refractivity (Wildman–Crippen MR) is 66.4 cm³/mol. The highest BCUT2D eigenvalue weighted by molar-refractivity contribution is 4.86. The number of aliphatic hydroxyl groups excluding tert-OH is 1. The molecule has 1 aliphatic carbocycles. The lowest BCUT2D eigenvalue weighted by atomic mass is 9.89. The van der Waals surface area contributed by atoms with E-state index in [-0.39, 0.29) is 12.1 Å². The molecule has 1 aliphatic rings. The Morgan fingerprint density at radius 1 is 1.19 bits per heavy atom. The molecule has 2 N–H and O–H groups in total. The minimum atomic E-state index is -0.591. The summed E-state index contributed by atoms with van der Waals surface area (Å²) in [5.41, 5.74) is -0.591. The summed E-state index contributed by atoms with van der Waals surface area (Å²) in [6.45, 7) is 4.71. The molecule has 96 valence electrons. The number of likely N-dealkylation sites (N-methyl/N-ethyl adjacent to an activating group) is 1. The monoisotopic (exact) mass is 229 g/mol. The zero-order valence-corrected chi connectivity index (χ0v) is 10.9. The Bertz CT molecular complexity index is 204. The van der Waals surface area contributed by atoms with Gasteiger partial charge in [-0.05, 0) is 32.7 Å². The van der Waals surface area contributed by atoms with E-state index in [2.05, 4.69) is 4.90 Å². The summed E-state index contributed by atoms with van der Waals surface area (Å²) >= 11 is 0. The van der Waals surface area contributed by atoms with Crippen LogP contribution in [-0.4, -0.2) is 46.5 Å². The number of hydrogen-bond acceptors (Lipinski definition) is 3. The molecule has 0 aromatic carbocycles. The normalized spacial score (nSPS) is 27.4. The molecule has 1 saturated carbocycles. The summed E-state index contributed by atoms with van der Waals surface area (Å²) in [4.78, 5) is 2.15. The second-order valence-corrected chi connectivity index (χ2v) is 5.27. The first-order valence-corrected chi connectivity index (χ1v) is 6.63. The standard InChI is InChI=1S/C13H27NO2/c1-4-13(16,5-2)10-14(3)11-8-6-7-9-12(11)15/h11-12,15-16H,4-10H2,1-3H3. The molecule has 0 saturated heterocycles. The topological polar surface area (TPSA) is 43.7 Å². The smallest absolute Gasteiger partial charge is 0.0768 e. The van der Waals surface area contributed by atoms with E-state index >= 15 is 0 Å². The largest absolute Gasteiger partial charge is 0.391 e. The van der Waals surface area contributed by atoms with Crippen LogP contribution in [0.1, 0.15) is 52.4 Å². The molecule has 0 bridgehead atoms. The maximum atomic E-state index is 10.3. The van der Waals surface area contributed by atoms with Gasteiger partial charge in [0.15, 0.2) is 0 Å². The highest BCUT2D eigenvalue weighted by Crippen LogP contribution is 2.25. The van der Waals surface area contributed by atoms with Crippen LogP contribution in [0, 0.1) is 0 Å². The fourth-order valence-corrected chi connectivity index (χ4v) is 2.66.